The highest BCUT2D eigenvalue weighted by atomic mass is 35.5. The molecule has 102 valence electrons. The second-order valence-corrected chi connectivity index (χ2v) is 5.78. The Bertz CT molecular complexity index is 389. The van der Waals surface area contributed by atoms with Crippen molar-refractivity contribution in [2.24, 2.45) is 11.7 Å². The molecule has 2 nitrogen and oxygen atoms in total. The van der Waals surface area contributed by atoms with Crippen LogP contribution in [-0.4, -0.2) is 25.2 Å². The molecule has 0 aromatic heterocycles. The molecule has 1 aromatic carbocycles. The predicted octanol–water partition coefficient (Wildman–Crippen LogP) is 3.57. The molecule has 1 aliphatic carbocycles. The molecular formula is C13H19Cl2NOS. The average molecular weight is 308 g/mol. The van der Waals surface area contributed by atoms with Gasteiger partial charge in [-0.05, 0) is 54.8 Å². The zero-order valence-electron chi connectivity index (χ0n) is 10.4. The average Bonchev–Trinajstić information content (AvgIpc) is 3.10. The first kappa shape index (κ1) is 16.0. The summed E-state index contributed by atoms with van der Waals surface area (Å²) < 4.78 is 5.81. The fourth-order valence-electron chi connectivity index (χ4n) is 2.06. The number of ether oxygens (including phenoxy) is 1. The number of hydrogen-bond donors (Lipinski definition) is 1. The topological polar surface area (TPSA) is 35.2 Å². The summed E-state index contributed by atoms with van der Waals surface area (Å²) in [6.45, 7) is 1.50. The molecule has 1 saturated carbocycles. The van der Waals surface area contributed by atoms with E-state index in [2.05, 4.69) is 6.26 Å². The zero-order valence-corrected chi connectivity index (χ0v) is 12.8. The van der Waals surface area contributed by atoms with E-state index >= 15 is 0 Å². The summed E-state index contributed by atoms with van der Waals surface area (Å²) in [5, 5.41) is 0.778. The lowest BCUT2D eigenvalue weighted by Crippen LogP contribution is -2.04. The molecular weight excluding hydrogens is 289 g/mol. The molecule has 0 saturated heterocycles. The van der Waals surface area contributed by atoms with Crippen LogP contribution in [0.2, 0.25) is 5.02 Å². The van der Waals surface area contributed by atoms with Crippen molar-refractivity contribution in [2.75, 3.05) is 25.2 Å². The highest BCUT2D eigenvalue weighted by molar-refractivity contribution is 7.98. The predicted molar refractivity (Wildman–Crippen MR) is 82.5 cm³/mol. The standard InChI is InChI=1S/C13H18ClNOS.ClH/c1-17-5-4-16-13-3-2-10(14)7-12(13)11-6-9(11)8-15;/h2-3,7,9,11H,4-6,8,15H2,1H3;1H/t9-,11+;/m0./s1. The maximum atomic E-state index is 6.05. The van der Waals surface area contributed by atoms with Crippen LogP contribution in [0.4, 0.5) is 0 Å². The van der Waals surface area contributed by atoms with E-state index in [9.17, 15) is 0 Å². The third kappa shape index (κ3) is 3.95. The van der Waals surface area contributed by atoms with Crippen molar-refractivity contribution in [1.82, 2.24) is 0 Å². The molecule has 1 aliphatic rings. The van der Waals surface area contributed by atoms with Gasteiger partial charge in [0.05, 0.1) is 6.61 Å². The van der Waals surface area contributed by atoms with E-state index in [0.29, 0.717) is 11.8 Å². The van der Waals surface area contributed by atoms with Gasteiger partial charge in [0.2, 0.25) is 0 Å². The molecule has 0 amide bonds. The van der Waals surface area contributed by atoms with Crippen molar-refractivity contribution in [2.45, 2.75) is 12.3 Å². The summed E-state index contributed by atoms with van der Waals surface area (Å²) >= 11 is 7.84. The Hall–Kier alpha value is -0.0900. The number of rotatable bonds is 6. The minimum Gasteiger partial charge on any atom is -0.492 e. The van der Waals surface area contributed by atoms with Gasteiger partial charge < -0.3 is 10.5 Å². The van der Waals surface area contributed by atoms with Crippen molar-refractivity contribution in [3.05, 3.63) is 28.8 Å². The van der Waals surface area contributed by atoms with Gasteiger partial charge in [0.25, 0.3) is 0 Å². The lowest BCUT2D eigenvalue weighted by molar-refractivity contribution is 0.340. The van der Waals surface area contributed by atoms with Crippen molar-refractivity contribution in [3.8, 4) is 5.75 Å². The third-order valence-corrected chi connectivity index (χ3v) is 3.95. The van der Waals surface area contributed by atoms with Gasteiger partial charge in [-0.2, -0.15) is 11.8 Å². The van der Waals surface area contributed by atoms with Gasteiger partial charge in [-0.3, -0.25) is 0 Å². The van der Waals surface area contributed by atoms with Crippen LogP contribution >= 0.6 is 35.8 Å². The number of hydrogen-bond acceptors (Lipinski definition) is 3. The quantitative estimate of drug-likeness (QED) is 0.816. The van der Waals surface area contributed by atoms with E-state index in [1.54, 1.807) is 11.8 Å². The van der Waals surface area contributed by atoms with Gasteiger partial charge >= 0.3 is 0 Å². The monoisotopic (exact) mass is 307 g/mol. The van der Waals surface area contributed by atoms with E-state index in [0.717, 1.165) is 36.1 Å². The summed E-state index contributed by atoms with van der Waals surface area (Å²) in [4.78, 5) is 0. The number of thioether (sulfide) groups is 1. The molecule has 2 rings (SSSR count). The number of halogens is 2. The molecule has 0 radical (unpaired) electrons. The fraction of sp³-hybridized carbons (Fsp3) is 0.538. The molecule has 0 bridgehead atoms. The summed E-state index contributed by atoms with van der Waals surface area (Å²) in [7, 11) is 0. The Balaban J connectivity index is 0.00000162. The molecule has 1 aromatic rings. The largest absolute Gasteiger partial charge is 0.492 e. The summed E-state index contributed by atoms with van der Waals surface area (Å²) in [5.74, 6) is 3.14. The number of benzene rings is 1. The van der Waals surface area contributed by atoms with E-state index < -0.39 is 0 Å². The Labute approximate surface area is 124 Å². The van der Waals surface area contributed by atoms with Gasteiger partial charge in [-0.1, -0.05) is 11.6 Å². The highest BCUT2D eigenvalue weighted by Crippen LogP contribution is 2.50. The van der Waals surface area contributed by atoms with Gasteiger partial charge in [-0.15, -0.1) is 12.4 Å². The maximum Gasteiger partial charge on any atom is 0.122 e. The van der Waals surface area contributed by atoms with Gasteiger partial charge in [0.1, 0.15) is 5.75 Å². The van der Waals surface area contributed by atoms with Crippen LogP contribution in [0.25, 0.3) is 0 Å². The Morgan fingerprint density at radius 2 is 2.28 bits per heavy atom. The van der Waals surface area contributed by atoms with Crippen LogP contribution in [0, 0.1) is 5.92 Å². The normalized spacial score (nSPS) is 21.3. The Kier molecular flexibility index (Phi) is 6.64. The van der Waals surface area contributed by atoms with Crippen molar-refractivity contribution in [1.29, 1.82) is 0 Å². The van der Waals surface area contributed by atoms with Crippen LogP contribution in [0.3, 0.4) is 0 Å². The first-order valence-electron chi connectivity index (χ1n) is 5.87. The van der Waals surface area contributed by atoms with Crippen molar-refractivity contribution < 1.29 is 4.74 Å². The van der Waals surface area contributed by atoms with Crippen LogP contribution in [0.15, 0.2) is 18.2 Å². The molecule has 2 atom stereocenters. The first-order valence-corrected chi connectivity index (χ1v) is 7.64. The van der Waals surface area contributed by atoms with E-state index in [-0.39, 0.29) is 12.4 Å². The van der Waals surface area contributed by atoms with E-state index in [1.807, 2.05) is 18.2 Å². The SMILES string of the molecule is CSCCOc1ccc(Cl)cc1[C@@H]1C[C@H]1CN.Cl. The van der Waals surface area contributed by atoms with E-state index in [4.69, 9.17) is 22.1 Å². The van der Waals surface area contributed by atoms with E-state index in [1.165, 1.54) is 5.56 Å². The zero-order chi connectivity index (χ0) is 12.3. The Morgan fingerprint density at radius 3 is 2.89 bits per heavy atom. The lowest BCUT2D eigenvalue weighted by atomic mass is 10.1. The summed E-state index contributed by atoms with van der Waals surface area (Å²) in [6.07, 6.45) is 3.24. The van der Waals surface area contributed by atoms with Gasteiger partial charge in [-0.25, -0.2) is 0 Å². The lowest BCUT2D eigenvalue weighted by Gasteiger charge is -2.11. The minimum absolute atomic E-state index is 0. The van der Waals surface area contributed by atoms with Gasteiger partial charge in [0.15, 0.2) is 0 Å². The van der Waals surface area contributed by atoms with Crippen LogP contribution < -0.4 is 10.5 Å². The first-order chi connectivity index (χ1) is 8.26. The second kappa shape index (κ2) is 7.49. The molecule has 0 unspecified atom stereocenters. The molecule has 2 N–H and O–H groups in total. The van der Waals surface area contributed by atoms with Crippen molar-refractivity contribution in [3.63, 3.8) is 0 Å². The third-order valence-electron chi connectivity index (χ3n) is 3.14. The highest BCUT2D eigenvalue weighted by Gasteiger charge is 2.38. The summed E-state index contributed by atoms with van der Waals surface area (Å²) in [6, 6.07) is 5.89. The second-order valence-electron chi connectivity index (χ2n) is 4.36. The fourth-order valence-corrected chi connectivity index (χ4v) is 2.50. The Morgan fingerprint density at radius 1 is 1.50 bits per heavy atom. The maximum absolute atomic E-state index is 6.05. The van der Waals surface area contributed by atoms with Crippen molar-refractivity contribution >= 4 is 35.8 Å². The van der Waals surface area contributed by atoms with Gasteiger partial charge in [0, 0.05) is 10.8 Å². The number of nitrogens with two attached hydrogens (primary N) is 1. The van der Waals surface area contributed by atoms with Crippen LogP contribution in [-0.2, 0) is 0 Å². The van der Waals surface area contributed by atoms with Crippen LogP contribution in [0.1, 0.15) is 17.9 Å². The molecule has 0 spiro atoms. The molecule has 0 heterocycles. The molecule has 5 heteroatoms. The van der Waals surface area contributed by atoms with Crippen LogP contribution in [0.5, 0.6) is 5.75 Å². The molecule has 18 heavy (non-hydrogen) atoms. The minimum atomic E-state index is 0. The smallest absolute Gasteiger partial charge is 0.122 e. The summed E-state index contributed by atoms with van der Waals surface area (Å²) in [5.41, 5.74) is 6.92. The molecule has 1 fully saturated rings. The molecule has 0 aliphatic heterocycles.